The summed E-state index contributed by atoms with van der Waals surface area (Å²) in [6.45, 7) is 8.83. The molecule has 13 heavy (non-hydrogen) atoms. The zero-order chi connectivity index (χ0) is 10.5. The van der Waals surface area contributed by atoms with Crippen LogP contribution in [0.3, 0.4) is 0 Å². The summed E-state index contributed by atoms with van der Waals surface area (Å²) in [5.74, 6) is 0. The van der Waals surface area contributed by atoms with Crippen molar-refractivity contribution in [2.75, 3.05) is 7.05 Å². The first kappa shape index (κ1) is 13.5. The topological polar surface area (TPSA) is 21.6 Å². The fourth-order valence-corrected chi connectivity index (χ4v) is 4.29. The van der Waals surface area contributed by atoms with E-state index in [9.17, 15) is 0 Å². The summed E-state index contributed by atoms with van der Waals surface area (Å²) < 4.78 is 9.63. The summed E-state index contributed by atoms with van der Waals surface area (Å²) in [6, 6.07) is 0. The van der Waals surface area contributed by atoms with Crippen LogP contribution in [-0.2, 0) is 2.85 Å². The summed E-state index contributed by atoms with van der Waals surface area (Å²) in [5, 5.41) is 0. The van der Waals surface area contributed by atoms with Gasteiger partial charge in [-0.15, -0.1) is 0 Å². The van der Waals surface area contributed by atoms with Gasteiger partial charge in [-0.1, -0.05) is 0 Å². The van der Waals surface area contributed by atoms with Crippen molar-refractivity contribution in [1.29, 1.82) is 0 Å². The predicted octanol–water partition coefficient (Wildman–Crippen LogP) is 2.76. The van der Waals surface area contributed by atoms with Crippen molar-refractivity contribution in [3.8, 4) is 0 Å². The van der Waals surface area contributed by atoms with E-state index in [0.717, 1.165) is 0 Å². The van der Waals surface area contributed by atoms with Gasteiger partial charge in [-0.05, 0) is 0 Å². The molecule has 0 aliphatic rings. The number of nitrogens with zero attached hydrogens (tertiary/aromatic N) is 1. The predicted molar refractivity (Wildman–Crippen MR) is 60.8 cm³/mol. The van der Waals surface area contributed by atoms with Crippen molar-refractivity contribution in [1.82, 2.24) is 0 Å². The van der Waals surface area contributed by atoms with Crippen molar-refractivity contribution < 1.29 is 2.85 Å². The molecule has 0 radical (unpaired) electrons. The molecule has 0 spiro atoms. The van der Waals surface area contributed by atoms with E-state index in [4.69, 9.17) is 2.85 Å². The van der Waals surface area contributed by atoms with Gasteiger partial charge in [-0.2, -0.15) is 0 Å². The van der Waals surface area contributed by atoms with E-state index in [1.54, 1.807) is 0 Å². The summed E-state index contributed by atoms with van der Waals surface area (Å²) >= 11 is -1.61. The average molecular weight is 287 g/mol. The van der Waals surface area contributed by atoms with Crippen LogP contribution in [0.2, 0.25) is 8.86 Å². The van der Waals surface area contributed by atoms with Crippen molar-refractivity contribution in [2.24, 2.45) is 10.4 Å². The Bertz CT molecular complexity index is 163. The van der Waals surface area contributed by atoms with Crippen LogP contribution in [0.1, 0.15) is 27.7 Å². The number of rotatable bonds is 4. The molecule has 3 heteroatoms. The minimum atomic E-state index is -1.61. The van der Waals surface area contributed by atoms with Crippen LogP contribution in [0.25, 0.3) is 0 Å². The minimum absolute atomic E-state index is 0.180. The first-order chi connectivity index (χ1) is 5.91. The SMILES string of the molecule is C[CH2][In]([CH3])[O]C(C=NC)C(C)(C)C. The summed E-state index contributed by atoms with van der Waals surface area (Å²) in [4.78, 5) is 4.07. The molecule has 1 unspecified atom stereocenters. The van der Waals surface area contributed by atoms with Crippen LogP contribution in [0.5, 0.6) is 0 Å². The Morgan fingerprint density at radius 2 is 2.00 bits per heavy atom. The van der Waals surface area contributed by atoms with E-state index in [1.165, 1.54) is 4.18 Å². The molecule has 2 nitrogen and oxygen atoms in total. The molecule has 0 bridgehead atoms. The molecule has 0 amide bonds. The van der Waals surface area contributed by atoms with E-state index in [0.29, 0.717) is 0 Å². The summed E-state index contributed by atoms with van der Waals surface area (Å²) in [5.41, 5.74) is 0.180. The van der Waals surface area contributed by atoms with Crippen LogP contribution in [0.15, 0.2) is 4.99 Å². The van der Waals surface area contributed by atoms with Gasteiger partial charge in [0.1, 0.15) is 0 Å². The Kier molecular flexibility index (Phi) is 6.31. The Morgan fingerprint density at radius 1 is 1.46 bits per heavy atom. The first-order valence-electron chi connectivity index (χ1n) is 4.99. The van der Waals surface area contributed by atoms with Crippen LogP contribution >= 0.6 is 0 Å². The Morgan fingerprint density at radius 3 is 2.31 bits per heavy atom. The second-order valence-electron chi connectivity index (χ2n) is 4.55. The van der Waals surface area contributed by atoms with Gasteiger partial charge in [-0.3, -0.25) is 0 Å². The van der Waals surface area contributed by atoms with Gasteiger partial charge >= 0.3 is 91.1 Å². The number of hydrogen-bond donors (Lipinski definition) is 0. The first-order valence-corrected chi connectivity index (χ1v) is 12.0. The van der Waals surface area contributed by atoms with Crippen molar-refractivity contribution in [2.45, 2.75) is 42.7 Å². The molecule has 0 aromatic carbocycles. The molecule has 0 fully saturated rings. The fraction of sp³-hybridized carbons (Fsp3) is 0.900. The molecule has 1 atom stereocenters. The standard InChI is InChI=1S/C7H14NO.C2H5.CH3.In/c1-7(2,3)6(9)5-8-4;1-2;;/h5-6H,1-4H3;1H2,2H3;1H3;/q-1;;;+1. The van der Waals surface area contributed by atoms with Crippen LogP contribution < -0.4 is 0 Å². The van der Waals surface area contributed by atoms with E-state index in [-0.39, 0.29) is 11.5 Å². The van der Waals surface area contributed by atoms with Gasteiger partial charge in [0.05, 0.1) is 0 Å². The van der Waals surface area contributed by atoms with Gasteiger partial charge in [0, 0.05) is 0 Å². The second kappa shape index (κ2) is 6.07. The fourth-order valence-electron chi connectivity index (χ4n) is 0.945. The molecular formula is C10H22InNO. The molecule has 0 saturated carbocycles. The summed E-state index contributed by atoms with van der Waals surface area (Å²) in [6.07, 6.45) is 2.16. The molecule has 0 aromatic rings. The van der Waals surface area contributed by atoms with E-state index >= 15 is 0 Å². The third-order valence-electron chi connectivity index (χ3n) is 2.09. The molecule has 0 aliphatic carbocycles. The third kappa shape index (κ3) is 5.74. The zero-order valence-corrected chi connectivity index (χ0v) is 13.1. The van der Waals surface area contributed by atoms with E-state index in [1.807, 2.05) is 13.3 Å². The number of hydrogen-bond acceptors (Lipinski definition) is 2. The number of aliphatic imine (C=N–C) groups is 1. The van der Waals surface area contributed by atoms with Gasteiger partial charge in [0.2, 0.25) is 0 Å². The van der Waals surface area contributed by atoms with Crippen molar-refractivity contribution >= 4 is 28.1 Å². The molecule has 0 rings (SSSR count). The molecule has 0 N–H and O–H groups in total. The zero-order valence-electron chi connectivity index (χ0n) is 9.79. The summed E-state index contributed by atoms with van der Waals surface area (Å²) in [7, 11) is 1.81. The molecular weight excluding hydrogens is 265 g/mol. The molecule has 0 heterocycles. The van der Waals surface area contributed by atoms with E-state index in [2.05, 4.69) is 37.4 Å². The average Bonchev–Trinajstić information content (AvgIpc) is 2.01. The third-order valence-corrected chi connectivity index (χ3v) is 7.54. The Balaban J connectivity index is 4.27. The van der Waals surface area contributed by atoms with Crippen LogP contribution in [0, 0.1) is 5.41 Å². The van der Waals surface area contributed by atoms with Gasteiger partial charge < -0.3 is 0 Å². The van der Waals surface area contributed by atoms with Gasteiger partial charge in [0.25, 0.3) is 0 Å². The van der Waals surface area contributed by atoms with Gasteiger partial charge in [0.15, 0.2) is 0 Å². The van der Waals surface area contributed by atoms with Crippen LogP contribution in [-0.4, -0.2) is 41.2 Å². The normalized spacial score (nSPS) is 14.9. The van der Waals surface area contributed by atoms with Gasteiger partial charge in [-0.25, -0.2) is 0 Å². The molecule has 0 saturated heterocycles. The Labute approximate surface area is 90.9 Å². The molecule has 0 aliphatic heterocycles. The monoisotopic (exact) mass is 287 g/mol. The van der Waals surface area contributed by atoms with Crippen LogP contribution in [0.4, 0.5) is 0 Å². The Hall–Kier alpha value is 0.500. The molecule has 0 aromatic heterocycles. The molecule has 76 valence electrons. The van der Waals surface area contributed by atoms with E-state index < -0.39 is 21.9 Å². The maximum atomic E-state index is 6.07. The van der Waals surface area contributed by atoms with Crippen molar-refractivity contribution in [3.63, 3.8) is 0 Å². The maximum absolute atomic E-state index is 6.07. The second-order valence-corrected chi connectivity index (χ2v) is 12.3. The quantitative estimate of drug-likeness (QED) is 0.729. The van der Waals surface area contributed by atoms with Crippen molar-refractivity contribution in [3.05, 3.63) is 0 Å².